The summed E-state index contributed by atoms with van der Waals surface area (Å²) in [5.74, 6) is 2.47. The van der Waals surface area contributed by atoms with E-state index in [0.717, 1.165) is 45.4 Å². The molecule has 0 amide bonds. The van der Waals surface area contributed by atoms with Gasteiger partial charge in [-0.2, -0.15) is 5.10 Å². The van der Waals surface area contributed by atoms with E-state index < -0.39 is 0 Å². The Morgan fingerprint density at radius 2 is 2.00 bits per heavy atom. The number of nitrogens with zero attached hydrogens (tertiary/aromatic N) is 2. The van der Waals surface area contributed by atoms with Crippen LogP contribution in [0.2, 0.25) is 0 Å². The predicted molar refractivity (Wildman–Crippen MR) is 114 cm³/mol. The molecule has 6 heteroatoms. The summed E-state index contributed by atoms with van der Waals surface area (Å²) in [6.45, 7) is 2.59. The molecule has 3 heterocycles. The minimum absolute atomic E-state index is 0.114. The zero-order chi connectivity index (χ0) is 19.8. The van der Waals surface area contributed by atoms with Crippen molar-refractivity contribution in [1.82, 2.24) is 5.01 Å². The number of ether oxygens (including phenoxy) is 3. The normalized spacial score (nSPS) is 19.8. The van der Waals surface area contributed by atoms with E-state index in [4.69, 9.17) is 19.3 Å². The Bertz CT molecular complexity index is 1030. The van der Waals surface area contributed by atoms with Crippen LogP contribution in [0.15, 0.2) is 65.1 Å². The molecule has 0 saturated heterocycles. The van der Waals surface area contributed by atoms with Crippen LogP contribution in [0.3, 0.4) is 0 Å². The zero-order valence-electron chi connectivity index (χ0n) is 16.4. The van der Waals surface area contributed by atoms with E-state index in [1.54, 1.807) is 18.4 Å². The zero-order valence-corrected chi connectivity index (χ0v) is 17.2. The van der Waals surface area contributed by atoms with Crippen LogP contribution in [0.1, 0.15) is 41.6 Å². The van der Waals surface area contributed by atoms with Gasteiger partial charge in [0.25, 0.3) is 0 Å². The van der Waals surface area contributed by atoms with Crippen LogP contribution >= 0.6 is 11.3 Å². The molecule has 0 spiro atoms. The molecule has 0 bridgehead atoms. The Hall–Kier alpha value is -2.99. The summed E-state index contributed by atoms with van der Waals surface area (Å²) in [5.41, 5.74) is 3.28. The molecule has 2 aliphatic rings. The van der Waals surface area contributed by atoms with Gasteiger partial charge in [0.05, 0.1) is 30.3 Å². The monoisotopic (exact) mass is 406 g/mol. The fourth-order valence-electron chi connectivity index (χ4n) is 3.93. The van der Waals surface area contributed by atoms with Crippen molar-refractivity contribution in [2.45, 2.75) is 25.6 Å². The highest BCUT2D eigenvalue weighted by Gasteiger charge is 2.42. The smallest absolute Gasteiger partial charge is 0.223 e. The summed E-state index contributed by atoms with van der Waals surface area (Å²) in [4.78, 5) is 1.13. The number of rotatable bonds is 5. The summed E-state index contributed by atoms with van der Waals surface area (Å²) < 4.78 is 17.6. The molecule has 0 unspecified atom stereocenters. The molecule has 3 aromatic rings. The van der Waals surface area contributed by atoms with Crippen LogP contribution in [0.25, 0.3) is 0 Å². The summed E-state index contributed by atoms with van der Waals surface area (Å²) in [6, 6.07) is 18.5. The van der Waals surface area contributed by atoms with Gasteiger partial charge < -0.3 is 14.2 Å². The van der Waals surface area contributed by atoms with Gasteiger partial charge in [0.2, 0.25) is 6.23 Å². The quantitative estimate of drug-likeness (QED) is 0.569. The maximum Gasteiger partial charge on any atom is 0.223 e. The lowest BCUT2D eigenvalue weighted by Crippen LogP contribution is -2.33. The first-order valence-corrected chi connectivity index (χ1v) is 10.6. The third-order valence-electron chi connectivity index (χ3n) is 5.29. The molecule has 0 aliphatic carbocycles. The molecule has 0 saturated carbocycles. The number of hydrogen-bond acceptors (Lipinski definition) is 6. The summed E-state index contributed by atoms with van der Waals surface area (Å²) in [6.07, 6.45) is 0.560. The highest BCUT2D eigenvalue weighted by molar-refractivity contribution is 7.10. The molecule has 29 heavy (non-hydrogen) atoms. The Balaban J connectivity index is 1.57. The Morgan fingerprint density at radius 3 is 2.72 bits per heavy atom. The number of thiophene rings is 1. The van der Waals surface area contributed by atoms with Crippen molar-refractivity contribution >= 4 is 17.0 Å². The number of para-hydroxylation sites is 1. The van der Waals surface area contributed by atoms with Gasteiger partial charge in [-0.3, -0.25) is 0 Å². The molecule has 5 nitrogen and oxygen atoms in total. The second kappa shape index (κ2) is 7.44. The van der Waals surface area contributed by atoms with Gasteiger partial charge in [-0.05, 0) is 54.3 Å². The molecule has 0 radical (unpaired) electrons. The number of benzene rings is 2. The number of fused-ring (bicyclic) bond motifs is 3. The number of methoxy groups -OCH3 is 1. The average molecular weight is 407 g/mol. The van der Waals surface area contributed by atoms with Gasteiger partial charge in [0.1, 0.15) is 5.75 Å². The minimum atomic E-state index is -0.259. The highest BCUT2D eigenvalue weighted by atomic mass is 32.1. The third kappa shape index (κ3) is 3.13. The molecule has 2 aromatic carbocycles. The van der Waals surface area contributed by atoms with E-state index in [1.165, 1.54) is 0 Å². The largest absolute Gasteiger partial charge is 0.497 e. The van der Waals surface area contributed by atoms with Crippen LogP contribution in [0.4, 0.5) is 0 Å². The topological polar surface area (TPSA) is 43.3 Å². The van der Waals surface area contributed by atoms with Crippen LogP contribution < -0.4 is 14.2 Å². The second-order valence-corrected chi connectivity index (χ2v) is 7.95. The van der Waals surface area contributed by atoms with Gasteiger partial charge in [0, 0.05) is 12.0 Å². The van der Waals surface area contributed by atoms with E-state index in [0.29, 0.717) is 6.61 Å². The predicted octanol–water partition coefficient (Wildman–Crippen LogP) is 5.40. The van der Waals surface area contributed by atoms with E-state index in [-0.39, 0.29) is 12.3 Å². The Kier molecular flexibility index (Phi) is 4.64. The highest BCUT2D eigenvalue weighted by Crippen LogP contribution is 2.51. The van der Waals surface area contributed by atoms with E-state index in [2.05, 4.69) is 34.7 Å². The fourth-order valence-corrected chi connectivity index (χ4v) is 4.67. The summed E-state index contributed by atoms with van der Waals surface area (Å²) in [7, 11) is 1.68. The third-order valence-corrected chi connectivity index (χ3v) is 6.19. The molecule has 5 rings (SSSR count). The molecular weight excluding hydrogens is 384 g/mol. The van der Waals surface area contributed by atoms with Crippen LogP contribution in [0.5, 0.6) is 17.2 Å². The van der Waals surface area contributed by atoms with Crippen LogP contribution in [-0.4, -0.2) is 24.4 Å². The van der Waals surface area contributed by atoms with Gasteiger partial charge >= 0.3 is 0 Å². The van der Waals surface area contributed by atoms with Crippen LogP contribution in [-0.2, 0) is 0 Å². The lowest BCUT2D eigenvalue weighted by molar-refractivity contribution is -0.0188. The SMILES string of the molecule is CCOc1cccc2c1O[C@H](c1cccs1)N1N=C(c3ccc(OC)cc3)C[C@@H]21. The van der Waals surface area contributed by atoms with Gasteiger partial charge in [-0.15, -0.1) is 11.3 Å². The van der Waals surface area contributed by atoms with Crippen molar-refractivity contribution in [3.05, 3.63) is 76.0 Å². The molecule has 0 fully saturated rings. The standard InChI is InChI=1S/C23H22N2O3S/c1-3-27-20-7-4-6-17-19-14-18(15-9-11-16(26-2)12-10-15)24-25(19)23(28-22(17)20)21-8-5-13-29-21/h4-13,19,23H,3,14H2,1-2H3/t19-,23+/m0/s1. The minimum Gasteiger partial charge on any atom is -0.497 e. The van der Waals surface area contributed by atoms with Crippen molar-refractivity contribution in [1.29, 1.82) is 0 Å². The lowest BCUT2D eigenvalue weighted by atomic mass is 9.96. The van der Waals surface area contributed by atoms with Crippen molar-refractivity contribution < 1.29 is 14.2 Å². The van der Waals surface area contributed by atoms with E-state index >= 15 is 0 Å². The fraction of sp³-hybridized carbons (Fsp3) is 0.261. The lowest BCUT2D eigenvalue weighted by Gasteiger charge is -2.38. The summed E-state index contributed by atoms with van der Waals surface area (Å²) >= 11 is 1.68. The first kappa shape index (κ1) is 18.1. The van der Waals surface area contributed by atoms with E-state index in [9.17, 15) is 0 Å². The summed E-state index contributed by atoms with van der Waals surface area (Å²) in [5, 5.41) is 9.17. The Morgan fingerprint density at radius 1 is 1.14 bits per heavy atom. The van der Waals surface area contributed by atoms with E-state index in [1.807, 2.05) is 37.3 Å². The molecule has 148 valence electrons. The number of hydrazone groups is 1. The maximum atomic E-state index is 6.48. The van der Waals surface area contributed by atoms with Crippen molar-refractivity contribution in [3.8, 4) is 17.2 Å². The second-order valence-electron chi connectivity index (χ2n) is 6.97. The molecular formula is C23H22N2O3S. The van der Waals surface area contributed by atoms with Gasteiger partial charge in [-0.25, -0.2) is 5.01 Å². The van der Waals surface area contributed by atoms with Gasteiger partial charge in [-0.1, -0.05) is 18.2 Å². The molecule has 0 N–H and O–H groups in total. The van der Waals surface area contributed by atoms with Gasteiger partial charge in [0.15, 0.2) is 11.5 Å². The average Bonchev–Trinajstić information content (AvgIpc) is 3.44. The van der Waals surface area contributed by atoms with Crippen molar-refractivity contribution in [2.24, 2.45) is 5.10 Å². The molecule has 2 atom stereocenters. The molecule has 1 aromatic heterocycles. The maximum absolute atomic E-state index is 6.48. The van der Waals surface area contributed by atoms with Crippen molar-refractivity contribution in [3.63, 3.8) is 0 Å². The first-order valence-electron chi connectivity index (χ1n) is 9.74. The Labute approximate surface area is 174 Å². The number of hydrogen-bond donors (Lipinski definition) is 0. The first-order chi connectivity index (χ1) is 14.3. The van der Waals surface area contributed by atoms with Crippen LogP contribution in [0, 0.1) is 0 Å². The molecule has 2 aliphatic heterocycles. The van der Waals surface area contributed by atoms with Crippen molar-refractivity contribution in [2.75, 3.05) is 13.7 Å².